The van der Waals surface area contributed by atoms with Crippen LogP contribution >= 0.6 is 0 Å². The summed E-state index contributed by atoms with van der Waals surface area (Å²) in [5.41, 5.74) is 2.27. The quantitative estimate of drug-likeness (QED) is 0.691. The van der Waals surface area contributed by atoms with Crippen LogP contribution in [0, 0.1) is 11.7 Å². The van der Waals surface area contributed by atoms with Gasteiger partial charge < -0.3 is 24.8 Å². The Hall–Kier alpha value is -3.46. The summed E-state index contributed by atoms with van der Waals surface area (Å²) >= 11 is 0. The molecular weight excluding hydrogens is 463 g/mol. The number of ether oxygens (including phenoxy) is 1. The molecule has 2 heterocycles. The summed E-state index contributed by atoms with van der Waals surface area (Å²) in [6.07, 6.45) is 2.88. The van der Waals surface area contributed by atoms with E-state index in [0.717, 1.165) is 24.9 Å². The van der Waals surface area contributed by atoms with E-state index in [-0.39, 0.29) is 23.6 Å². The topological polar surface area (TPSA) is 82.2 Å². The molecule has 36 heavy (non-hydrogen) atoms. The van der Waals surface area contributed by atoms with Crippen LogP contribution in [0.1, 0.15) is 40.0 Å². The highest BCUT2D eigenvalue weighted by Gasteiger charge is 2.29. The molecule has 0 unspecified atom stereocenters. The molecule has 2 aliphatic heterocycles. The molecule has 1 aliphatic carbocycles. The molecule has 2 aromatic carbocycles. The normalized spacial score (nSPS) is 18.5. The van der Waals surface area contributed by atoms with Crippen molar-refractivity contribution in [3.63, 3.8) is 0 Å². The third kappa shape index (κ3) is 5.21. The minimum Gasteiger partial charge on any atom is -0.378 e. The number of nitrogens with zero attached hydrogens (tertiary/aromatic N) is 3. The number of halogens is 1. The molecule has 0 spiro atoms. The van der Waals surface area contributed by atoms with Crippen LogP contribution in [-0.2, 0) is 9.53 Å². The first-order valence-corrected chi connectivity index (χ1v) is 12.6. The van der Waals surface area contributed by atoms with Crippen molar-refractivity contribution in [2.24, 2.45) is 5.92 Å². The van der Waals surface area contributed by atoms with Crippen molar-refractivity contribution in [2.75, 3.05) is 62.7 Å². The fraction of sp³-hybridized carbons (Fsp3) is 0.444. The van der Waals surface area contributed by atoms with Crippen LogP contribution in [0.5, 0.6) is 0 Å². The molecule has 3 aliphatic rings. The van der Waals surface area contributed by atoms with Crippen LogP contribution in [0.2, 0.25) is 0 Å². The molecule has 3 fully saturated rings. The largest absolute Gasteiger partial charge is 0.378 e. The van der Waals surface area contributed by atoms with Crippen LogP contribution < -0.4 is 10.2 Å². The van der Waals surface area contributed by atoms with E-state index in [4.69, 9.17) is 4.74 Å². The standard InChI is InChI=1S/C27H31FN4O4/c28-21-6-2-5-20(17-21)26(34)31-11-9-30(10-12-31)24-8-7-22(29-25(33)19-3-1-4-19)18-23(24)27(35)32-13-15-36-16-14-32/h2,5-8,17-19H,1,3-4,9-16H2,(H,29,33). The maximum atomic E-state index is 13.6. The Balaban J connectivity index is 1.33. The molecule has 5 rings (SSSR count). The average molecular weight is 495 g/mol. The van der Waals surface area contributed by atoms with E-state index in [9.17, 15) is 18.8 Å². The monoisotopic (exact) mass is 494 g/mol. The Morgan fingerprint density at radius 2 is 1.58 bits per heavy atom. The summed E-state index contributed by atoms with van der Waals surface area (Å²) in [6.45, 7) is 4.04. The van der Waals surface area contributed by atoms with Gasteiger partial charge in [-0.3, -0.25) is 14.4 Å². The first-order valence-electron chi connectivity index (χ1n) is 12.6. The number of carbonyl (C=O) groups excluding carboxylic acids is 3. The van der Waals surface area contributed by atoms with Crippen molar-refractivity contribution < 1.29 is 23.5 Å². The van der Waals surface area contributed by atoms with Crippen LogP contribution in [0.15, 0.2) is 42.5 Å². The van der Waals surface area contributed by atoms with Crippen molar-refractivity contribution in [3.05, 3.63) is 59.4 Å². The third-order valence-electron chi connectivity index (χ3n) is 7.25. The number of carbonyl (C=O) groups is 3. The summed E-state index contributed by atoms with van der Waals surface area (Å²) < 4.78 is 19.0. The summed E-state index contributed by atoms with van der Waals surface area (Å²) in [6, 6.07) is 11.2. The minimum absolute atomic E-state index is 0.00301. The molecule has 2 saturated heterocycles. The predicted octanol–water partition coefficient (Wildman–Crippen LogP) is 3.00. The second kappa shape index (κ2) is 10.7. The number of hydrogen-bond donors (Lipinski definition) is 1. The van der Waals surface area contributed by atoms with E-state index in [1.54, 1.807) is 21.9 Å². The van der Waals surface area contributed by atoms with Gasteiger partial charge in [0.25, 0.3) is 11.8 Å². The molecule has 0 atom stereocenters. The molecular formula is C27H31FN4O4. The van der Waals surface area contributed by atoms with Gasteiger partial charge in [0.15, 0.2) is 0 Å². The number of hydrogen-bond acceptors (Lipinski definition) is 5. The van der Waals surface area contributed by atoms with E-state index < -0.39 is 5.82 Å². The van der Waals surface area contributed by atoms with Gasteiger partial charge in [-0.05, 0) is 49.2 Å². The number of anilines is 2. The maximum Gasteiger partial charge on any atom is 0.256 e. The van der Waals surface area contributed by atoms with E-state index in [1.165, 1.54) is 18.2 Å². The van der Waals surface area contributed by atoms with Crippen molar-refractivity contribution in [2.45, 2.75) is 19.3 Å². The van der Waals surface area contributed by atoms with Gasteiger partial charge in [0, 0.05) is 62.1 Å². The van der Waals surface area contributed by atoms with Gasteiger partial charge >= 0.3 is 0 Å². The molecule has 0 bridgehead atoms. The van der Waals surface area contributed by atoms with Crippen molar-refractivity contribution in [1.82, 2.24) is 9.80 Å². The van der Waals surface area contributed by atoms with E-state index in [2.05, 4.69) is 10.2 Å². The number of rotatable bonds is 5. The zero-order valence-corrected chi connectivity index (χ0v) is 20.2. The predicted molar refractivity (Wildman–Crippen MR) is 134 cm³/mol. The van der Waals surface area contributed by atoms with Gasteiger partial charge in [-0.2, -0.15) is 0 Å². The van der Waals surface area contributed by atoms with Crippen molar-refractivity contribution in [1.29, 1.82) is 0 Å². The first kappa shape index (κ1) is 24.2. The highest BCUT2D eigenvalue weighted by Crippen LogP contribution is 2.30. The number of amides is 3. The molecule has 0 radical (unpaired) electrons. The molecule has 1 saturated carbocycles. The van der Waals surface area contributed by atoms with Gasteiger partial charge in [0.05, 0.1) is 18.8 Å². The van der Waals surface area contributed by atoms with Gasteiger partial charge in [-0.15, -0.1) is 0 Å². The zero-order valence-electron chi connectivity index (χ0n) is 20.2. The number of piperazine rings is 1. The summed E-state index contributed by atoms with van der Waals surface area (Å²) in [4.78, 5) is 44.5. The van der Waals surface area contributed by atoms with Gasteiger partial charge in [-0.25, -0.2) is 4.39 Å². The van der Waals surface area contributed by atoms with Gasteiger partial charge in [-0.1, -0.05) is 12.5 Å². The Kier molecular flexibility index (Phi) is 7.18. The maximum absolute atomic E-state index is 13.6. The van der Waals surface area contributed by atoms with E-state index in [1.807, 2.05) is 12.1 Å². The second-order valence-electron chi connectivity index (χ2n) is 9.54. The Labute approximate surface area is 210 Å². The molecule has 2 aromatic rings. The van der Waals surface area contributed by atoms with E-state index in [0.29, 0.717) is 69.3 Å². The van der Waals surface area contributed by atoms with Crippen LogP contribution in [-0.4, -0.2) is 80.0 Å². The summed E-state index contributed by atoms with van der Waals surface area (Å²) in [5, 5.41) is 2.98. The lowest BCUT2D eigenvalue weighted by Gasteiger charge is -2.37. The summed E-state index contributed by atoms with van der Waals surface area (Å²) in [7, 11) is 0. The Morgan fingerprint density at radius 3 is 2.25 bits per heavy atom. The molecule has 190 valence electrons. The lowest BCUT2D eigenvalue weighted by atomic mass is 9.85. The lowest BCUT2D eigenvalue weighted by molar-refractivity contribution is -0.122. The van der Waals surface area contributed by atoms with Gasteiger partial charge in [0.2, 0.25) is 5.91 Å². The SMILES string of the molecule is O=C(Nc1ccc(N2CCN(C(=O)c3cccc(F)c3)CC2)c(C(=O)N2CCOCC2)c1)C1CCC1. The zero-order chi connectivity index (χ0) is 25.1. The Bertz CT molecular complexity index is 1140. The lowest BCUT2D eigenvalue weighted by Crippen LogP contribution is -2.49. The number of benzene rings is 2. The molecule has 9 heteroatoms. The van der Waals surface area contributed by atoms with Gasteiger partial charge in [0.1, 0.15) is 5.82 Å². The fourth-order valence-electron chi connectivity index (χ4n) is 4.87. The van der Waals surface area contributed by atoms with E-state index >= 15 is 0 Å². The van der Waals surface area contributed by atoms with Crippen molar-refractivity contribution in [3.8, 4) is 0 Å². The highest BCUT2D eigenvalue weighted by molar-refractivity contribution is 6.02. The number of morpholine rings is 1. The average Bonchev–Trinajstić information content (AvgIpc) is 2.87. The van der Waals surface area contributed by atoms with Crippen LogP contribution in [0.25, 0.3) is 0 Å². The summed E-state index contributed by atoms with van der Waals surface area (Å²) in [5.74, 6) is -0.676. The van der Waals surface area contributed by atoms with Crippen LogP contribution in [0.3, 0.4) is 0 Å². The molecule has 1 N–H and O–H groups in total. The highest BCUT2D eigenvalue weighted by atomic mass is 19.1. The minimum atomic E-state index is -0.435. The Morgan fingerprint density at radius 1 is 0.861 bits per heavy atom. The molecule has 0 aromatic heterocycles. The third-order valence-corrected chi connectivity index (χ3v) is 7.25. The second-order valence-corrected chi connectivity index (χ2v) is 9.54. The smallest absolute Gasteiger partial charge is 0.256 e. The first-order chi connectivity index (χ1) is 17.5. The fourth-order valence-corrected chi connectivity index (χ4v) is 4.87. The number of nitrogens with one attached hydrogen (secondary N) is 1. The van der Waals surface area contributed by atoms with Crippen LogP contribution in [0.4, 0.5) is 15.8 Å². The molecule has 3 amide bonds. The molecule has 8 nitrogen and oxygen atoms in total. The van der Waals surface area contributed by atoms with Crippen molar-refractivity contribution >= 4 is 29.1 Å².